The zero-order valence-corrected chi connectivity index (χ0v) is 17.5. The van der Waals surface area contributed by atoms with Gasteiger partial charge in [0.05, 0.1) is 31.3 Å². The number of anilines is 4. The van der Waals surface area contributed by atoms with Crippen LogP contribution in [0, 0.1) is 6.92 Å². The second-order valence-electron chi connectivity index (χ2n) is 7.67. The van der Waals surface area contributed by atoms with Crippen LogP contribution in [0.15, 0.2) is 53.9 Å². The monoisotopic (exact) mass is 415 g/mol. The van der Waals surface area contributed by atoms with Gasteiger partial charge in [-0.15, -0.1) is 0 Å². The summed E-state index contributed by atoms with van der Waals surface area (Å²) in [6.07, 6.45) is 6.32. The topological polar surface area (TPSA) is 78.8 Å². The van der Waals surface area contributed by atoms with E-state index in [4.69, 9.17) is 14.7 Å². The number of pyridine rings is 1. The molecular weight excluding hydrogens is 390 g/mol. The molecule has 1 saturated heterocycles. The summed E-state index contributed by atoms with van der Waals surface area (Å²) in [5, 5.41) is 4.48. The molecule has 2 aliphatic heterocycles. The number of aryl methyl sites for hydroxylation is 1. The Hall–Kier alpha value is -3.52. The zero-order chi connectivity index (χ0) is 21.0. The van der Waals surface area contributed by atoms with Gasteiger partial charge < -0.3 is 14.5 Å². The lowest BCUT2D eigenvalue weighted by Gasteiger charge is -2.28. The van der Waals surface area contributed by atoms with Crippen LogP contribution in [0.25, 0.3) is 0 Å². The van der Waals surface area contributed by atoms with E-state index in [1.165, 1.54) is 5.56 Å². The molecule has 3 aromatic rings. The van der Waals surface area contributed by atoms with Gasteiger partial charge in [0.15, 0.2) is 5.82 Å². The van der Waals surface area contributed by atoms with E-state index in [9.17, 15) is 0 Å². The molecule has 158 valence electrons. The molecule has 1 N–H and O–H groups in total. The van der Waals surface area contributed by atoms with Crippen LogP contribution >= 0.6 is 0 Å². The summed E-state index contributed by atoms with van der Waals surface area (Å²) in [4.78, 5) is 18.4. The van der Waals surface area contributed by atoms with Gasteiger partial charge >= 0.3 is 0 Å². The summed E-state index contributed by atoms with van der Waals surface area (Å²) in [6, 6.07) is 12.2. The second kappa shape index (κ2) is 8.69. The Bertz CT molecular complexity index is 1080. The van der Waals surface area contributed by atoms with Crippen LogP contribution in [0.3, 0.4) is 0 Å². The normalized spacial score (nSPS) is 16.0. The largest absolute Gasteiger partial charge is 0.378 e. The van der Waals surface area contributed by atoms with Crippen LogP contribution in [0.1, 0.15) is 16.7 Å². The summed E-state index contributed by atoms with van der Waals surface area (Å²) in [5.41, 5.74) is 7.53. The van der Waals surface area contributed by atoms with Crippen molar-refractivity contribution in [2.24, 2.45) is 5.10 Å². The zero-order valence-electron chi connectivity index (χ0n) is 17.5. The highest BCUT2D eigenvalue weighted by Gasteiger charge is 2.28. The summed E-state index contributed by atoms with van der Waals surface area (Å²) >= 11 is 0. The van der Waals surface area contributed by atoms with Crippen LogP contribution in [-0.4, -0.2) is 54.0 Å². The van der Waals surface area contributed by atoms with Crippen molar-refractivity contribution in [1.29, 1.82) is 0 Å². The maximum absolute atomic E-state index is 5.50. The van der Waals surface area contributed by atoms with Gasteiger partial charge in [0.2, 0.25) is 5.95 Å². The molecule has 4 heterocycles. The van der Waals surface area contributed by atoms with Gasteiger partial charge in [-0.1, -0.05) is 29.8 Å². The van der Waals surface area contributed by atoms with Gasteiger partial charge in [0.25, 0.3) is 0 Å². The van der Waals surface area contributed by atoms with Crippen LogP contribution in [0.2, 0.25) is 0 Å². The van der Waals surface area contributed by atoms with Crippen LogP contribution in [0.5, 0.6) is 0 Å². The minimum Gasteiger partial charge on any atom is -0.378 e. The van der Waals surface area contributed by atoms with Gasteiger partial charge in [-0.25, -0.2) is 0 Å². The standard InChI is InChI=1S/C23H25N7O/c1-17-4-2-5-18(14-17)15-25-28-21-20-7-9-30(19-6-3-8-24-16-19)22(20)27-23(26-21)29-10-12-31-13-11-29/h2-6,8,14-16H,7,9-13H2,1H3,(H,26,27,28). The van der Waals surface area contributed by atoms with Gasteiger partial charge in [-0.3, -0.25) is 10.4 Å². The number of morpholine rings is 1. The molecule has 0 radical (unpaired) electrons. The molecule has 2 aromatic heterocycles. The van der Waals surface area contributed by atoms with E-state index in [0.29, 0.717) is 19.2 Å². The number of rotatable bonds is 5. The summed E-state index contributed by atoms with van der Waals surface area (Å²) in [6.45, 7) is 5.82. The molecular formula is C23H25N7O. The first-order valence-corrected chi connectivity index (χ1v) is 10.5. The Kier molecular flexibility index (Phi) is 5.45. The first kappa shape index (κ1) is 19.4. The number of hydrogen-bond donors (Lipinski definition) is 1. The van der Waals surface area contributed by atoms with Crippen molar-refractivity contribution in [2.75, 3.05) is 48.1 Å². The predicted molar refractivity (Wildman–Crippen MR) is 122 cm³/mol. The number of ether oxygens (including phenoxy) is 1. The molecule has 1 aromatic carbocycles. The maximum atomic E-state index is 5.50. The van der Waals surface area contributed by atoms with E-state index < -0.39 is 0 Å². The van der Waals surface area contributed by atoms with Crippen molar-refractivity contribution in [3.8, 4) is 0 Å². The molecule has 0 atom stereocenters. The summed E-state index contributed by atoms with van der Waals surface area (Å²) in [5.74, 6) is 2.37. The van der Waals surface area contributed by atoms with E-state index in [1.807, 2.05) is 30.6 Å². The Labute approximate surface area is 181 Å². The molecule has 8 nitrogen and oxygen atoms in total. The average molecular weight is 416 g/mol. The summed E-state index contributed by atoms with van der Waals surface area (Å²) < 4.78 is 5.50. The van der Waals surface area contributed by atoms with Crippen molar-refractivity contribution in [3.63, 3.8) is 0 Å². The minimum atomic E-state index is 0.682. The lowest BCUT2D eigenvalue weighted by atomic mass is 10.2. The Morgan fingerprint density at radius 1 is 1.10 bits per heavy atom. The smallest absolute Gasteiger partial charge is 0.229 e. The quantitative estimate of drug-likeness (QED) is 0.507. The van der Waals surface area contributed by atoms with Crippen molar-refractivity contribution >= 4 is 29.5 Å². The highest BCUT2D eigenvalue weighted by molar-refractivity contribution is 5.81. The van der Waals surface area contributed by atoms with E-state index >= 15 is 0 Å². The molecule has 0 spiro atoms. The fourth-order valence-corrected chi connectivity index (χ4v) is 3.92. The molecule has 0 saturated carbocycles. The fourth-order valence-electron chi connectivity index (χ4n) is 3.92. The van der Waals surface area contributed by atoms with Crippen molar-refractivity contribution in [3.05, 3.63) is 65.5 Å². The molecule has 0 amide bonds. The molecule has 0 aliphatic carbocycles. The molecule has 2 aliphatic rings. The van der Waals surface area contributed by atoms with Crippen molar-refractivity contribution in [1.82, 2.24) is 15.0 Å². The van der Waals surface area contributed by atoms with E-state index in [0.717, 1.165) is 54.5 Å². The SMILES string of the molecule is Cc1cccc(C=NNc2nc(N3CCOCC3)nc3c2CCN3c2cccnc2)c1. The fraction of sp³-hybridized carbons (Fsp3) is 0.304. The Balaban J connectivity index is 1.48. The van der Waals surface area contributed by atoms with Gasteiger partial charge in [-0.2, -0.15) is 15.1 Å². The third kappa shape index (κ3) is 4.20. The third-order valence-corrected chi connectivity index (χ3v) is 5.49. The van der Waals surface area contributed by atoms with E-state index in [1.54, 1.807) is 6.20 Å². The second-order valence-corrected chi connectivity index (χ2v) is 7.67. The number of hydrazone groups is 1. The number of benzene rings is 1. The minimum absolute atomic E-state index is 0.682. The highest BCUT2D eigenvalue weighted by atomic mass is 16.5. The molecule has 31 heavy (non-hydrogen) atoms. The maximum Gasteiger partial charge on any atom is 0.229 e. The van der Waals surface area contributed by atoms with Crippen LogP contribution in [-0.2, 0) is 11.2 Å². The van der Waals surface area contributed by atoms with E-state index in [2.05, 4.69) is 50.4 Å². The van der Waals surface area contributed by atoms with E-state index in [-0.39, 0.29) is 0 Å². The molecule has 5 rings (SSSR count). The van der Waals surface area contributed by atoms with Crippen LogP contribution in [0.4, 0.5) is 23.3 Å². The van der Waals surface area contributed by atoms with Crippen LogP contribution < -0.4 is 15.2 Å². The highest BCUT2D eigenvalue weighted by Crippen LogP contribution is 2.37. The number of fused-ring (bicyclic) bond motifs is 1. The lowest BCUT2D eigenvalue weighted by Crippen LogP contribution is -2.37. The predicted octanol–water partition coefficient (Wildman–Crippen LogP) is 3.16. The molecule has 0 unspecified atom stereocenters. The number of nitrogens with zero attached hydrogens (tertiary/aromatic N) is 6. The molecule has 0 bridgehead atoms. The number of aromatic nitrogens is 3. The lowest BCUT2D eigenvalue weighted by molar-refractivity contribution is 0.122. The molecule has 8 heteroatoms. The third-order valence-electron chi connectivity index (χ3n) is 5.49. The van der Waals surface area contributed by atoms with Crippen molar-refractivity contribution < 1.29 is 4.74 Å². The molecule has 1 fully saturated rings. The Morgan fingerprint density at radius 2 is 2.00 bits per heavy atom. The van der Waals surface area contributed by atoms with Gasteiger partial charge in [0, 0.05) is 31.4 Å². The summed E-state index contributed by atoms with van der Waals surface area (Å²) in [7, 11) is 0. The first-order chi connectivity index (χ1) is 15.3. The Morgan fingerprint density at radius 3 is 2.81 bits per heavy atom. The number of nitrogens with one attached hydrogen (secondary N) is 1. The average Bonchev–Trinajstić information content (AvgIpc) is 3.24. The van der Waals surface area contributed by atoms with Gasteiger partial charge in [-0.05, 0) is 31.0 Å². The van der Waals surface area contributed by atoms with Gasteiger partial charge in [0.1, 0.15) is 5.82 Å². The first-order valence-electron chi connectivity index (χ1n) is 10.5. The van der Waals surface area contributed by atoms with Crippen molar-refractivity contribution in [2.45, 2.75) is 13.3 Å². The number of hydrogen-bond acceptors (Lipinski definition) is 8.